The van der Waals surface area contributed by atoms with Crippen LogP contribution in [0.1, 0.15) is 20.8 Å². The fourth-order valence-electron chi connectivity index (χ4n) is 1.76. The van der Waals surface area contributed by atoms with Crippen molar-refractivity contribution in [2.24, 2.45) is 0 Å². The molecule has 4 heteroatoms. The molecule has 1 N–H and O–H groups in total. The third-order valence-corrected chi connectivity index (χ3v) is 2.94. The lowest BCUT2D eigenvalue weighted by atomic mass is 10.1. The van der Waals surface area contributed by atoms with E-state index in [-0.39, 0.29) is 5.54 Å². The highest BCUT2D eigenvalue weighted by atomic mass is 35.5. The first-order chi connectivity index (χ1) is 6.91. The molecule has 0 atom stereocenters. The first kappa shape index (κ1) is 10.7. The van der Waals surface area contributed by atoms with E-state index in [0.717, 1.165) is 11.0 Å². The third kappa shape index (κ3) is 1.70. The number of nitrogens with zero attached hydrogens (tertiary/aromatic N) is 1. The van der Waals surface area contributed by atoms with E-state index in [4.69, 9.17) is 23.8 Å². The van der Waals surface area contributed by atoms with Gasteiger partial charge in [-0.2, -0.15) is 0 Å². The number of rotatable bonds is 0. The Labute approximate surface area is 98.9 Å². The van der Waals surface area contributed by atoms with Crippen molar-refractivity contribution in [3.63, 3.8) is 0 Å². The van der Waals surface area contributed by atoms with Crippen molar-refractivity contribution >= 4 is 34.9 Å². The van der Waals surface area contributed by atoms with Crippen molar-refractivity contribution in [2.45, 2.75) is 26.3 Å². The van der Waals surface area contributed by atoms with Gasteiger partial charge in [-0.15, -0.1) is 0 Å². The molecule has 0 unspecified atom stereocenters. The SMILES string of the molecule is CC(C)(C)n1c(=S)[nH]c2c(Cl)cccc21. The van der Waals surface area contributed by atoms with Gasteiger partial charge in [0.15, 0.2) is 4.77 Å². The van der Waals surface area contributed by atoms with Crippen molar-refractivity contribution < 1.29 is 0 Å². The number of aromatic nitrogens is 2. The van der Waals surface area contributed by atoms with Gasteiger partial charge in [-0.25, -0.2) is 0 Å². The second kappa shape index (κ2) is 3.35. The van der Waals surface area contributed by atoms with Crippen molar-refractivity contribution in [2.75, 3.05) is 0 Å². The second-order valence-electron chi connectivity index (χ2n) is 4.57. The standard InChI is InChI=1S/C11H13ClN2S/c1-11(2,3)14-8-6-4-5-7(12)9(8)13-10(14)15/h4-6H,1-3H3,(H,13,15). The molecule has 2 rings (SSSR count). The molecule has 0 radical (unpaired) electrons. The molecule has 0 spiro atoms. The van der Waals surface area contributed by atoms with Crippen molar-refractivity contribution in [1.82, 2.24) is 9.55 Å². The van der Waals surface area contributed by atoms with Gasteiger partial charge in [0.25, 0.3) is 0 Å². The summed E-state index contributed by atoms with van der Waals surface area (Å²) in [6.45, 7) is 6.37. The number of para-hydroxylation sites is 1. The van der Waals surface area contributed by atoms with Crippen LogP contribution in [-0.4, -0.2) is 9.55 Å². The summed E-state index contributed by atoms with van der Waals surface area (Å²) < 4.78 is 2.80. The molecule has 80 valence electrons. The Morgan fingerprint density at radius 1 is 1.33 bits per heavy atom. The number of halogens is 1. The van der Waals surface area contributed by atoms with Crippen LogP contribution in [0.5, 0.6) is 0 Å². The number of hydrogen-bond donors (Lipinski definition) is 1. The van der Waals surface area contributed by atoms with E-state index in [1.54, 1.807) is 0 Å². The van der Waals surface area contributed by atoms with Gasteiger partial charge in [-0.05, 0) is 45.1 Å². The maximum Gasteiger partial charge on any atom is 0.178 e. The summed E-state index contributed by atoms with van der Waals surface area (Å²) >= 11 is 11.4. The minimum absolute atomic E-state index is 0.0417. The predicted molar refractivity (Wildman–Crippen MR) is 67.1 cm³/mol. The van der Waals surface area contributed by atoms with Crippen molar-refractivity contribution in [1.29, 1.82) is 0 Å². The maximum atomic E-state index is 6.10. The molecule has 0 aliphatic heterocycles. The van der Waals surface area contributed by atoms with Crippen molar-refractivity contribution in [3.05, 3.63) is 28.0 Å². The third-order valence-electron chi connectivity index (χ3n) is 2.34. The molecule has 0 aliphatic carbocycles. The number of aromatic amines is 1. The number of hydrogen-bond acceptors (Lipinski definition) is 1. The van der Waals surface area contributed by atoms with E-state index in [1.807, 2.05) is 18.2 Å². The Bertz CT molecular complexity index is 560. The highest BCUT2D eigenvalue weighted by molar-refractivity contribution is 7.71. The first-order valence-electron chi connectivity index (χ1n) is 4.81. The van der Waals surface area contributed by atoms with E-state index < -0.39 is 0 Å². The van der Waals surface area contributed by atoms with Crippen molar-refractivity contribution in [3.8, 4) is 0 Å². The lowest BCUT2D eigenvalue weighted by Gasteiger charge is -2.21. The molecule has 0 fully saturated rings. The Morgan fingerprint density at radius 3 is 2.60 bits per heavy atom. The largest absolute Gasteiger partial charge is 0.329 e. The topological polar surface area (TPSA) is 20.7 Å². The van der Waals surface area contributed by atoms with Crippen LogP contribution in [0.2, 0.25) is 5.02 Å². The Morgan fingerprint density at radius 2 is 2.00 bits per heavy atom. The Hall–Kier alpha value is -0.800. The monoisotopic (exact) mass is 240 g/mol. The van der Waals surface area contributed by atoms with Gasteiger partial charge in [0, 0.05) is 5.54 Å². The summed E-state index contributed by atoms with van der Waals surface area (Å²) in [5, 5.41) is 0.710. The Balaban J connectivity index is 2.92. The van der Waals surface area contributed by atoms with Gasteiger partial charge in [-0.1, -0.05) is 17.7 Å². The number of nitrogens with one attached hydrogen (secondary N) is 1. The fourth-order valence-corrected chi connectivity index (χ4v) is 2.45. The van der Waals surface area contributed by atoms with Crippen LogP contribution in [0.15, 0.2) is 18.2 Å². The van der Waals surface area contributed by atoms with Gasteiger partial charge >= 0.3 is 0 Å². The van der Waals surface area contributed by atoms with Crippen LogP contribution in [0.3, 0.4) is 0 Å². The van der Waals surface area contributed by atoms with Gasteiger partial charge < -0.3 is 9.55 Å². The zero-order valence-corrected chi connectivity index (χ0v) is 10.5. The molecule has 1 aromatic heterocycles. The summed E-state index contributed by atoms with van der Waals surface area (Å²) in [6, 6.07) is 5.83. The van der Waals surface area contributed by atoms with Gasteiger partial charge in [0.2, 0.25) is 0 Å². The zero-order chi connectivity index (χ0) is 11.2. The molecule has 0 amide bonds. The summed E-state index contributed by atoms with van der Waals surface area (Å²) in [7, 11) is 0. The average Bonchev–Trinajstić information content (AvgIpc) is 2.41. The highest BCUT2D eigenvalue weighted by Gasteiger charge is 2.18. The predicted octanol–water partition coefficient (Wildman–Crippen LogP) is 4.11. The van der Waals surface area contributed by atoms with Gasteiger partial charge in [-0.3, -0.25) is 0 Å². The van der Waals surface area contributed by atoms with Crippen LogP contribution >= 0.6 is 23.8 Å². The Kier molecular flexibility index (Phi) is 2.40. The smallest absolute Gasteiger partial charge is 0.178 e. The van der Waals surface area contributed by atoms with Crippen LogP contribution in [-0.2, 0) is 5.54 Å². The number of imidazole rings is 1. The van der Waals surface area contributed by atoms with Crippen LogP contribution in [0.25, 0.3) is 11.0 Å². The molecular formula is C11H13ClN2S. The quantitative estimate of drug-likeness (QED) is 0.688. The van der Waals surface area contributed by atoms with E-state index in [0.29, 0.717) is 9.79 Å². The zero-order valence-electron chi connectivity index (χ0n) is 8.97. The lowest BCUT2D eigenvalue weighted by Crippen LogP contribution is -2.21. The highest BCUT2D eigenvalue weighted by Crippen LogP contribution is 2.27. The minimum Gasteiger partial charge on any atom is -0.329 e. The molecule has 0 saturated heterocycles. The molecule has 2 nitrogen and oxygen atoms in total. The molecule has 15 heavy (non-hydrogen) atoms. The molecule has 1 heterocycles. The molecular weight excluding hydrogens is 228 g/mol. The molecule has 0 saturated carbocycles. The maximum absolute atomic E-state index is 6.10. The summed E-state index contributed by atoms with van der Waals surface area (Å²) in [4.78, 5) is 3.15. The summed E-state index contributed by atoms with van der Waals surface area (Å²) in [5.74, 6) is 0. The van der Waals surface area contributed by atoms with Crippen LogP contribution in [0.4, 0.5) is 0 Å². The summed E-state index contributed by atoms with van der Waals surface area (Å²) in [5.41, 5.74) is 1.93. The molecule has 0 bridgehead atoms. The van der Waals surface area contributed by atoms with E-state index in [1.165, 1.54) is 0 Å². The van der Waals surface area contributed by atoms with Crippen LogP contribution < -0.4 is 0 Å². The van der Waals surface area contributed by atoms with E-state index in [2.05, 4.69) is 30.3 Å². The van der Waals surface area contributed by atoms with E-state index in [9.17, 15) is 0 Å². The lowest BCUT2D eigenvalue weighted by molar-refractivity contribution is 0.404. The first-order valence-corrected chi connectivity index (χ1v) is 5.59. The summed E-state index contributed by atoms with van der Waals surface area (Å²) in [6.07, 6.45) is 0. The van der Waals surface area contributed by atoms with Gasteiger partial charge in [0.1, 0.15) is 0 Å². The number of H-pyrrole nitrogens is 1. The number of benzene rings is 1. The second-order valence-corrected chi connectivity index (χ2v) is 5.36. The van der Waals surface area contributed by atoms with Gasteiger partial charge in [0.05, 0.1) is 16.1 Å². The minimum atomic E-state index is -0.0417. The molecule has 1 aromatic carbocycles. The van der Waals surface area contributed by atoms with Crippen LogP contribution in [0, 0.1) is 4.77 Å². The van der Waals surface area contributed by atoms with E-state index >= 15 is 0 Å². The normalized spacial score (nSPS) is 12.3. The molecule has 2 aromatic rings. The number of fused-ring (bicyclic) bond motifs is 1. The fraction of sp³-hybridized carbons (Fsp3) is 0.364. The molecule has 0 aliphatic rings. The average molecular weight is 241 g/mol.